The number of hydrogen-bond acceptors (Lipinski definition) is 5. The molecule has 9 heteroatoms. The lowest BCUT2D eigenvalue weighted by atomic mass is 10.1. The average molecular weight is 479 g/mol. The van der Waals surface area contributed by atoms with Gasteiger partial charge in [0.2, 0.25) is 5.88 Å². The van der Waals surface area contributed by atoms with E-state index in [1.54, 1.807) is 29.2 Å². The fourth-order valence-electron chi connectivity index (χ4n) is 4.00. The Hall–Kier alpha value is -3.91. The summed E-state index contributed by atoms with van der Waals surface area (Å²) in [5, 5.41) is 7.96. The number of piperazine rings is 1. The van der Waals surface area contributed by atoms with E-state index in [0.29, 0.717) is 42.0 Å². The predicted molar refractivity (Wildman–Crippen MR) is 128 cm³/mol. The molecule has 5 rings (SSSR count). The first kappa shape index (κ1) is 21.9. The molecule has 1 aliphatic rings. The van der Waals surface area contributed by atoms with Crippen molar-refractivity contribution in [3.8, 4) is 11.6 Å². The number of nitrogens with zero attached hydrogens (tertiary/aromatic N) is 3. The van der Waals surface area contributed by atoms with Crippen molar-refractivity contribution in [3.05, 3.63) is 93.5 Å². The molecule has 1 amide bonds. The molecule has 0 unspecified atom stereocenters. The molecule has 2 heterocycles. The van der Waals surface area contributed by atoms with Crippen LogP contribution in [-0.2, 0) is 0 Å². The Morgan fingerprint density at radius 3 is 2.41 bits per heavy atom. The zero-order valence-electron chi connectivity index (χ0n) is 18.0. The molecule has 1 aromatic heterocycles. The first-order valence-corrected chi connectivity index (χ1v) is 11.1. The van der Waals surface area contributed by atoms with Crippen molar-refractivity contribution >= 4 is 34.0 Å². The second-order valence-electron chi connectivity index (χ2n) is 7.90. The van der Waals surface area contributed by atoms with Gasteiger partial charge in [-0.3, -0.25) is 9.59 Å². The second-order valence-corrected chi connectivity index (χ2v) is 8.34. The van der Waals surface area contributed by atoms with E-state index >= 15 is 0 Å². The zero-order chi connectivity index (χ0) is 23.7. The number of rotatable bonds is 4. The van der Waals surface area contributed by atoms with E-state index in [1.807, 2.05) is 24.3 Å². The highest BCUT2D eigenvalue weighted by Gasteiger charge is 2.25. The highest BCUT2D eigenvalue weighted by molar-refractivity contribution is 6.30. The number of fused-ring (bicyclic) bond motifs is 1. The third kappa shape index (κ3) is 4.32. The molecule has 1 saturated heterocycles. The third-order valence-corrected chi connectivity index (χ3v) is 6.05. The van der Waals surface area contributed by atoms with E-state index in [9.17, 15) is 14.0 Å². The van der Waals surface area contributed by atoms with Crippen molar-refractivity contribution in [2.24, 2.45) is 0 Å². The summed E-state index contributed by atoms with van der Waals surface area (Å²) >= 11 is 5.96. The van der Waals surface area contributed by atoms with Gasteiger partial charge in [-0.25, -0.2) is 9.49 Å². The fraction of sp³-hybridized carbons (Fsp3) is 0.160. The fourth-order valence-corrected chi connectivity index (χ4v) is 4.13. The van der Waals surface area contributed by atoms with Crippen LogP contribution in [0.5, 0.6) is 11.6 Å². The van der Waals surface area contributed by atoms with E-state index in [2.05, 4.69) is 15.1 Å². The number of nitrogens with one attached hydrogen (secondary N) is 1. The summed E-state index contributed by atoms with van der Waals surface area (Å²) in [6.45, 7) is 2.16. The molecule has 0 saturated carbocycles. The topological polar surface area (TPSA) is 78.5 Å². The summed E-state index contributed by atoms with van der Waals surface area (Å²) < 4.78 is 20.4. The van der Waals surface area contributed by atoms with E-state index in [1.165, 1.54) is 18.2 Å². The van der Waals surface area contributed by atoms with Crippen LogP contribution in [0.25, 0.3) is 10.8 Å². The van der Waals surface area contributed by atoms with Gasteiger partial charge in [0.1, 0.15) is 11.6 Å². The molecule has 172 valence electrons. The number of H-pyrrole nitrogens is 1. The van der Waals surface area contributed by atoms with Gasteiger partial charge < -0.3 is 14.5 Å². The Bertz CT molecular complexity index is 1420. The number of carbonyl (C=O) groups is 1. The summed E-state index contributed by atoms with van der Waals surface area (Å²) in [4.78, 5) is 28.9. The van der Waals surface area contributed by atoms with Gasteiger partial charge in [-0.2, -0.15) is 0 Å². The average Bonchev–Trinajstić information content (AvgIpc) is 2.87. The first-order chi connectivity index (χ1) is 16.5. The number of aromatic nitrogens is 2. The lowest BCUT2D eigenvalue weighted by molar-refractivity contribution is 0.0741. The minimum Gasteiger partial charge on any atom is -0.437 e. The molecule has 34 heavy (non-hydrogen) atoms. The highest BCUT2D eigenvalue weighted by atomic mass is 35.5. The van der Waals surface area contributed by atoms with Crippen LogP contribution in [0.3, 0.4) is 0 Å². The molecule has 0 spiro atoms. The molecule has 0 bridgehead atoms. The number of hydrogen-bond donors (Lipinski definition) is 1. The molecule has 1 aliphatic heterocycles. The quantitative estimate of drug-likeness (QED) is 0.468. The summed E-state index contributed by atoms with van der Waals surface area (Å²) in [7, 11) is 0. The largest absolute Gasteiger partial charge is 0.437 e. The van der Waals surface area contributed by atoms with E-state index in [0.717, 1.165) is 5.69 Å². The Morgan fingerprint density at radius 1 is 0.971 bits per heavy atom. The molecular formula is C25H20ClFN4O3. The maximum absolute atomic E-state index is 14.6. The number of halogens is 2. The summed E-state index contributed by atoms with van der Waals surface area (Å²) in [5.41, 5.74) is 0.612. The number of benzene rings is 3. The van der Waals surface area contributed by atoms with Gasteiger partial charge in [-0.15, -0.1) is 5.10 Å². The number of ether oxygens (including phenoxy) is 1. The molecule has 7 nitrogen and oxygen atoms in total. The number of amides is 1. The minimum atomic E-state index is -0.628. The van der Waals surface area contributed by atoms with E-state index < -0.39 is 11.7 Å². The summed E-state index contributed by atoms with van der Waals surface area (Å²) in [6.07, 6.45) is 0. The zero-order valence-corrected chi connectivity index (χ0v) is 18.8. The molecule has 0 radical (unpaired) electrons. The van der Waals surface area contributed by atoms with Crippen molar-refractivity contribution < 1.29 is 13.9 Å². The van der Waals surface area contributed by atoms with Crippen molar-refractivity contribution in [3.63, 3.8) is 0 Å². The van der Waals surface area contributed by atoms with Crippen molar-refractivity contribution in [2.75, 3.05) is 31.1 Å². The lowest BCUT2D eigenvalue weighted by Crippen LogP contribution is -2.49. The molecule has 1 fully saturated rings. The monoisotopic (exact) mass is 478 g/mol. The normalized spacial score (nSPS) is 13.8. The molecule has 4 aromatic rings. The second kappa shape index (κ2) is 9.15. The van der Waals surface area contributed by atoms with Crippen molar-refractivity contribution in [2.45, 2.75) is 0 Å². The maximum atomic E-state index is 14.6. The predicted octanol–water partition coefficient (Wildman–Crippen LogP) is 4.47. The van der Waals surface area contributed by atoms with Gasteiger partial charge in [0.25, 0.3) is 11.5 Å². The van der Waals surface area contributed by atoms with E-state index in [-0.39, 0.29) is 22.8 Å². The van der Waals surface area contributed by atoms with Crippen molar-refractivity contribution in [1.29, 1.82) is 0 Å². The molecular weight excluding hydrogens is 459 g/mol. The number of carbonyl (C=O) groups excluding carboxylic acids is 1. The summed E-state index contributed by atoms with van der Waals surface area (Å²) in [5.74, 6) is -0.624. The third-order valence-electron chi connectivity index (χ3n) is 5.80. The van der Waals surface area contributed by atoms with E-state index in [4.69, 9.17) is 16.3 Å². The Labute approximate surface area is 199 Å². The van der Waals surface area contributed by atoms with Crippen LogP contribution in [0.1, 0.15) is 10.4 Å². The molecule has 1 N–H and O–H groups in total. The highest BCUT2D eigenvalue weighted by Crippen LogP contribution is 2.28. The van der Waals surface area contributed by atoms with Crippen LogP contribution in [0.15, 0.2) is 71.5 Å². The van der Waals surface area contributed by atoms with Crippen LogP contribution >= 0.6 is 11.6 Å². The minimum absolute atomic E-state index is 0.0776. The van der Waals surface area contributed by atoms with Gasteiger partial charge in [-0.1, -0.05) is 23.7 Å². The van der Waals surface area contributed by atoms with Crippen LogP contribution in [0.4, 0.5) is 10.1 Å². The Balaban J connectivity index is 1.33. The Morgan fingerprint density at radius 2 is 1.68 bits per heavy atom. The summed E-state index contributed by atoms with van der Waals surface area (Å²) in [6, 6.07) is 18.4. The van der Waals surface area contributed by atoms with Gasteiger partial charge in [0, 0.05) is 36.9 Å². The van der Waals surface area contributed by atoms with Gasteiger partial charge in [-0.05, 0) is 54.6 Å². The molecule has 0 aliphatic carbocycles. The van der Waals surface area contributed by atoms with Crippen LogP contribution in [0.2, 0.25) is 5.02 Å². The molecule has 0 atom stereocenters. The lowest BCUT2D eigenvalue weighted by Gasteiger charge is -2.36. The van der Waals surface area contributed by atoms with Crippen LogP contribution in [-0.4, -0.2) is 47.2 Å². The smallest absolute Gasteiger partial charge is 0.272 e. The maximum Gasteiger partial charge on any atom is 0.272 e. The van der Waals surface area contributed by atoms with Gasteiger partial charge in [0.05, 0.1) is 16.3 Å². The Kier molecular flexibility index (Phi) is 5.90. The number of aromatic amines is 1. The van der Waals surface area contributed by atoms with Gasteiger partial charge >= 0.3 is 0 Å². The van der Waals surface area contributed by atoms with Gasteiger partial charge in [0.15, 0.2) is 0 Å². The first-order valence-electron chi connectivity index (χ1n) is 10.7. The molecule has 3 aromatic carbocycles. The van der Waals surface area contributed by atoms with Crippen LogP contribution in [0, 0.1) is 5.82 Å². The standard InChI is InChI=1S/C25H20ClFN4O3/c26-16-5-7-17(8-6-16)30-11-13-31(14-12-30)25(33)21-15-18(9-10-22(21)27)34-24-20-4-2-1-3-19(20)23(32)28-29-24/h1-10,15H,11-14H2,(H,28,32). The SMILES string of the molecule is O=C(c1cc(Oc2n[nH]c(=O)c3ccccc23)ccc1F)N1CCN(c2ccc(Cl)cc2)CC1. The number of anilines is 1. The van der Waals surface area contributed by atoms with Crippen LogP contribution < -0.4 is 15.2 Å². The van der Waals surface area contributed by atoms with Crippen molar-refractivity contribution in [1.82, 2.24) is 15.1 Å².